The molecule has 2 rings (SSSR count). The van der Waals surface area contributed by atoms with Crippen molar-refractivity contribution in [2.24, 2.45) is 0 Å². The highest BCUT2D eigenvalue weighted by atomic mass is 19.1. The number of ketones is 1. The van der Waals surface area contributed by atoms with Gasteiger partial charge in [0.1, 0.15) is 5.82 Å². The van der Waals surface area contributed by atoms with Crippen LogP contribution >= 0.6 is 0 Å². The maximum absolute atomic E-state index is 13.6. The summed E-state index contributed by atoms with van der Waals surface area (Å²) in [5, 5.41) is 0. The van der Waals surface area contributed by atoms with Crippen LogP contribution in [0.1, 0.15) is 54.9 Å². The quantitative estimate of drug-likeness (QED) is 0.652. The van der Waals surface area contributed by atoms with Crippen molar-refractivity contribution in [3.05, 3.63) is 57.7 Å². The van der Waals surface area contributed by atoms with Gasteiger partial charge in [-0.25, -0.2) is 14.0 Å². The summed E-state index contributed by atoms with van der Waals surface area (Å²) < 4.78 is 23.4. The van der Waals surface area contributed by atoms with Crippen LogP contribution in [-0.4, -0.2) is 35.9 Å². The van der Waals surface area contributed by atoms with Gasteiger partial charge in [0.05, 0.1) is 23.9 Å². The van der Waals surface area contributed by atoms with E-state index in [-0.39, 0.29) is 16.8 Å². The van der Waals surface area contributed by atoms with Crippen molar-refractivity contribution in [3.63, 3.8) is 0 Å². The predicted octanol–water partition coefficient (Wildman–Crippen LogP) is 3.29. The number of hydrogen-bond acceptors (Lipinski definition) is 5. The standard InChI is InChI=1S/C19H20FNO5/c1-9-6-7-13(8-14(9)20)18(23)26-12(4)17(22)16-10(2)15(11(3)21-16)19(24)25-5/h6-8,12,21H,1-5H3/t12-/m0/s1. The van der Waals surface area contributed by atoms with Crippen molar-refractivity contribution in [2.45, 2.75) is 33.8 Å². The third kappa shape index (κ3) is 3.66. The SMILES string of the molecule is COC(=O)c1c(C)[nH]c(C(=O)[C@H](C)OC(=O)c2ccc(C)c(F)c2)c1C. The van der Waals surface area contributed by atoms with E-state index in [4.69, 9.17) is 9.47 Å². The third-order valence-electron chi connectivity index (χ3n) is 4.13. The molecule has 1 aromatic carbocycles. The highest BCUT2D eigenvalue weighted by Crippen LogP contribution is 2.21. The van der Waals surface area contributed by atoms with E-state index in [1.807, 2.05) is 0 Å². The van der Waals surface area contributed by atoms with Crippen molar-refractivity contribution in [1.29, 1.82) is 0 Å². The Morgan fingerprint density at radius 3 is 2.35 bits per heavy atom. The van der Waals surface area contributed by atoms with Gasteiger partial charge in [0.25, 0.3) is 0 Å². The summed E-state index contributed by atoms with van der Waals surface area (Å²) in [6, 6.07) is 3.95. The van der Waals surface area contributed by atoms with Gasteiger partial charge < -0.3 is 14.5 Å². The maximum Gasteiger partial charge on any atom is 0.339 e. The van der Waals surface area contributed by atoms with Gasteiger partial charge in [0.2, 0.25) is 5.78 Å². The number of halogens is 1. The van der Waals surface area contributed by atoms with Crippen molar-refractivity contribution >= 4 is 17.7 Å². The lowest BCUT2D eigenvalue weighted by Gasteiger charge is -2.12. The number of H-pyrrole nitrogens is 1. The van der Waals surface area contributed by atoms with E-state index in [9.17, 15) is 18.8 Å². The fourth-order valence-electron chi connectivity index (χ4n) is 2.61. The van der Waals surface area contributed by atoms with Gasteiger partial charge in [0, 0.05) is 5.69 Å². The molecule has 26 heavy (non-hydrogen) atoms. The number of Topliss-reactive ketones (excluding diaryl/α,β-unsaturated/α-hetero) is 1. The molecule has 0 unspecified atom stereocenters. The summed E-state index contributed by atoms with van der Waals surface area (Å²) in [5.74, 6) is -2.40. The van der Waals surface area contributed by atoms with E-state index in [0.717, 1.165) is 6.07 Å². The lowest BCUT2D eigenvalue weighted by atomic mass is 10.1. The molecule has 2 aromatic rings. The molecule has 1 atom stereocenters. The molecule has 0 saturated carbocycles. The van der Waals surface area contributed by atoms with Gasteiger partial charge in [-0.05, 0) is 51.0 Å². The first-order valence-electron chi connectivity index (χ1n) is 7.96. The van der Waals surface area contributed by atoms with Crippen LogP contribution in [0.15, 0.2) is 18.2 Å². The molecule has 0 saturated heterocycles. The molecule has 0 aliphatic rings. The third-order valence-corrected chi connectivity index (χ3v) is 4.13. The first-order valence-corrected chi connectivity index (χ1v) is 7.96. The molecule has 7 heteroatoms. The van der Waals surface area contributed by atoms with Crippen LogP contribution in [0.25, 0.3) is 0 Å². The normalized spacial score (nSPS) is 11.8. The monoisotopic (exact) mass is 361 g/mol. The maximum atomic E-state index is 13.6. The van der Waals surface area contributed by atoms with E-state index in [2.05, 4.69) is 4.98 Å². The highest BCUT2D eigenvalue weighted by molar-refractivity contribution is 6.04. The predicted molar refractivity (Wildman–Crippen MR) is 92.0 cm³/mol. The van der Waals surface area contributed by atoms with Crippen LogP contribution in [0.5, 0.6) is 0 Å². The number of methoxy groups -OCH3 is 1. The molecular weight excluding hydrogens is 341 g/mol. The lowest BCUT2D eigenvalue weighted by Crippen LogP contribution is -2.25. The Labute approximate surface area is 150 Å². The summed E-state index contributed by atoms with van der Waals surface area (Å²) in [6.45, 7) is 6.23. The van der Waals surface area contributed by atoms with Gasteiger partial charge in [-0.1, -0.05) is 6.07 Å². The van der Waals surface area contributed by atoms with E-state index < -0.39 is 29.6 Å². The van der Waals surface area contributed by atoms with Crippen molar-refractivity contribution < 1.29 is 28.2 Å². The zero-order chi connectivity index (χ0) is 19.6. The Morgan fingerprint density at radius 1 is 1.12 bits per heavy atom. The van der Waals surface area contributed by atoms with Crippen LogP contribution in [-0.2, 0) is 9.47 Å². The number of esters is 2. The molecule has 0 bridgehead atoms. The first kappa shape index (κ1) is 19.4. The molecule has 0 aliphatic carbocycles. The number of rotatable bonds is 5. The number of ether oxygens (including phenoxy) is 2. The number of hydrogen-bond donors (Lipinski definition) is 1. The topological polar surface area (TPSA) is 85.5 Å². The Morgan fingerprint density at radius 2 is 1.77 bits per heavy atom. The number of carbonyl (C=O) groups excluding carboxylic acids is 3. The number of aryl methyl sites for hydroxylation is 2. The number of aromatic amines is 1. The highest BCUT2D eigenvalue weighted by Gasteiger charge is 2.27. The fraction of sp³-hybridized carbons (Fsp3) is 0.316. The summed E-state index contributed by atoms with van der Waals surface area (Å²) in [5.41, 5.74) is 1.76. The lowest BCUT2D eigenvalue weighted by molar-refractivity contribution is 0.0316. The summed E-state index contributed by atoms with van der Waals surface area (Å²) in [4.78, 5) is 39.4. The molecule has 1 N–H and O–H groups in total. The van der Waals surface area contributed by atoms with Crippen molar-refractivity contribution in [2.75, 3.05) is 7.11 Å². The molecular formula is C19H20FNO5. The second-order valence-corrected chi connectivity index (χ2v) is 5.99. The average Bonchev–Trinajstić information content (AvgIpc) is 2.90. The molecule has 6 nitrogen and oxygen atoms in total. The summed E-state index contributed by atoms with van der Waals surface area (Å²) in [7, 11) is 1.25. The van der Waals surface area contributed by atoms with Gasteiger partial charge in [0.15, 0.2) is 6.10 Å². The summed E-state index contributed by atoms with van der Waals surface area (Å²) in [6.07, 6.45) is -1.12. The fourth-order valence-corrected chi connectivity index (χ4v) is 2.61. The Kier molecular flexibility index (Phi) is 5.59. The Balaban J connectivity index is 2.21. The van der Waals surface area contributed by atoms with E-state index in [0.29, 0.717) is 16.8 Å². The molecule has 0 radical (unpaired) electrons. The average molecular weight is 361 g/mol. The van der Waals surface area contributed by atoms with Crippen molar-refractivity contribution in [3.8, 4) is 0 Å². The minimum absolute atomic E-state index is 0.0161. The van der Waals surface area contributed by atoms with Crippen LogP contribution in [0.2, 0.25) is 0 Å². The van der Waals surface area contributed by atoms with Crippen LogP contribution < -0.4 is 0 Å². The molecule has 1 heterocycles. The number of nitrogens with one attached hydrogen (secondary N) is 1. The first-order chi connectivity index (χ1) is 12.2. The summed E-state index contributed by atoms with van der Waals surface area (Å²) >= 11 is 0. The second kappa shape index (κ2) is 7.51. The number of carbonyl (C=O) groups is 3. The largest absolute Gasteiger partial charge is 0.465 e. The van der Waals surface area contributed by atoms with E-state index >= 15 is 0 Å². The molecule has 138 valence electrons. The van der Waals surface area contributed by atoms with Crippen LogP contribution in [0.4, 0.5) is 4.39 Å². The van der Waals surface area contributed by atoms with Crippen LogP contribution in [0, 0.1) is 26.6 Å². The van der Waals surface area contributed by atoms with Crippen LogP contribution in [0.3, 0.4) is 0 Å². The smallest absolute Gasteiger partial charge is 0.339 e. The number of benzene rings is 1. The molecule has 0 fully saturated rings. The Hall–Kier alpha value is -2.96. The van der Waals surface area contributed by atoms with Crippen molar-refractivity contribution in [1.82, 2.24) is 4.98 Å². The molecule has 0 spiro atoms. The molecule has 0 aliphatic heterocycles. The van der Waals surface area contributed by atoms with Gasteiger partial charge in [-0.15, -0.1) is 0 Å². The zero-order valence-corrected chi connectivity index (χ0v) is 15.2. The Bertz CT molecular complexity index is 884. The molecule has 0 amide bonds. The van der Waals surface area contributed by atoms with Gasteiger partial charge in [-0.3, -0.25) is 4.79 Å². The van der Waals surface area contributed by atoms with E-state index in [1.165, 1.54) is 26.2 Å². The molecule has 1 aromatic heterocycles. The van der Waals surface area contributed by atoms with Gasteiger partial charge in [-0.2, -0.15) is 0 Å². The minimum Gasteiger partial charge on any atom is -0.465 e. The van der Waals surface area contributed by atoms with Gasteiger partial charge >= 0.3 is 11.9 Å². The zero-order valence-electron chi connectivity index (χ0n) is 15.2. The minimum atomic E-state index is -1.12. The van der Waals surface area contributed by atoms with E-state index in [1.54, 1.807) is 20.8 Å². The number of aromatic nitrogens is 1. The second-order valence-electron chi connectivity index (χ2n) is 5.99.